The highest BCUT2D eigenvalue weighted by molar-refractivity contribution is 5.76. The van der Waals surface area contributed by atoms with Gasteiger partial charge in [-0.15, -0.1) is 0 Å². The number of rotatable bonds is 6. The number of amides is 1. The van der Waals surface area contributed by atoms with Crippen molar-refractivity contribution in [2.75, 3.05) is 12.3 Å². The number of nitrogens with two attached hydrogens (primary N) is 1. The second-order valence-corrected chi connectivity index (χ2v) is 5.67. The van der Waals surface area contributed by atoms with Gasteiger partial charge < -0.3 is 11.1 Å². The molecular weight excluding hydrogens is 272 g/mol. The van der Waals surface area contributed by atoms with Crippen LogP contribution in [0, 0.1) is 13.8 Å². The highest BCUT2D eigenvalue weighted by atomic mass is 16.1. The van der Waals surface area contributed by atoms with Gasteiger partial charge in [0.15, 0.2) is 0 Å². The van der Waals surface area contributed by atoms with Gasteiger partial charge in [0.2, 0.25) is 5.91 Å². The van der Waals surface area contributed by atoms with E-state index in [1.165, 1.54) is 16.7 Å². The summed E-state index contributed by atoms with van der Waals surface area (Å²) in [6, 6.07) is 14.0. The maximum absolute atomic E-state index is 11.9. The molecule has 0 aliphatic heterocycles. The molecular formula is C19H24N2O. The van der Waals surface area contributed by atoms with Gasteiger partial charge in [-0.05, 0) is 55.0 Å². The van der Waals surface area contributed by atoms with Crippen LogP contribution in [0.3, 0.4) is 0 Å². The number of hydrogen-bond acceptors (Lipinski definition) is 2. The van der Waals surface area contributed by atoms with Crippen molar-refractivity contribution >= 4 is 11.6 Å². The van der Waals surface area contributed by atoms with Crippen molar-refractivity contribution in [3.05, 3.63) is 64.7 Å². The van der Waals surface area contributed by atoms with Gasteiger partial charge in [-0.1, -0.05) is 36.4 Å². The molecule has 0 aliphatic carbocycles. The molecule has 0 radical (unpaired) electrons. The molecule has 1 amide bonds. The minimum atomic E-state index is 0.0782. The van der Waals surface area contributed by atoms with E-state index >= 15 is 0 Å². The Balaban J connectivity index is 1.78. The molecule has 0 bridgehead atoms. The van der Waals surface area contributed by atoms with E-state index in [-0.39, 0.29) is 5.91 Å². The molecule has 0 spiro atoms. The average molecular weight is 296 g/mol. The third-order valence-corrected chi connectivity index (χ3v) is 4.02. The van der Waals surface area contributed by atoms with E-state index in [1.54, 1.807) is 0 Å². The summed E-state index contributed by atoms with van der Waals surface area (Å²) >= 11 is 0. The Kier molecular flexibility index (Phi) is 5.59. The zero-order valence-corrected chi connectivity index (χ0v) is 13.4. The van der Waals surface area contributed by atoms with Crippen molar-refractivity contribution in [2.45, 2.75) is 33.1 Å². The molecule has 3 nitrogen and oxygen atoms in total. The number of anilines is 1. The molecule has 0 aliphatic rings. The van der Waals surface area contributed by atoms with Gasteiger partial charge >= 0.3 is 0 Å². The normalized spacial score (nSPS) is 10.5. The lowest BCUT2D eigenvalue weighted by molar-refractivity contribution is -0.121. The van der Waals surface area contributed by atoms with Crippen LogP contribution in [0.15, 0.2) is 42.5 Å². The van der Waals surface area contributed by atoms with Crippen molar-refractivity contribution in [2.24, 2.45) is 0 Å². The van der Waals surface area contributed by atoms with Crippen LogP contribution in [-0.2, 0) is 17.6 Å². The summed E-state index contributed by atoms with van der Waals surface area (Å²) in [6.45, 7) is 4.90. The highest BCUT2D eigenvalue weighted by Crippen LogP contribution is 2.14. The van der Waals surface area contributed by atoms with E-state index < -0.39 is 0 Å². The summed E-state index contributed by atoms with van der Waals surface area (Å²) in [5, 5.41) is 3.00. The molecule has 0 fully saturated rings. The van der Waals surface area contributed by atoms with Gasteiger partial charge in [-0.25, -0.2) is 0 Å². The molecule has 0 saturated carbocycles. The van der Waals surface area contributed by atoms with Crippen LogP contribution in [0.4, 0.5) is 5.69 Å². The lowest BCUT2D eigenvalue weighted by Crippen LogP contribution is -2.26. The smallest absolute Gasteiger partial charge is 0.220 e. The minimum absolute atomic E-state index is 0.0782. The first-order valence-corrected chi connectivity index (χ1v) is 7.73. The van der Waals surface area contributed by atoms with E-state index in [2.05, 4.69) is 37.4 Å². The molecule has 3 N–H and O–H groups in total. The van der Waals surface area contributed by atoms with Gasteiger partial charge in [0.25, 0.3) is 0 Å². The number of carbonyl (C=O) groups excluding carboxylic acids is 1. The van der Waals surface area contributed by atoms with Crippen molar-refractivity contribution in [3.8, 4) is 0 Å². The summed E-state index contributed by atoms with van der Waals surface area (Å²) in [5.74, 6) is 0.0782. The fraction of sp³-hybridized carbons (Fsp3) is 0.316. The standard InChI is InChI=1S/C19H24N2O/c1-14-6-5-7-15(2)17(14)12-13-21-19(22)11-10-16-8-3-4-9-18(16)20/h3-9H,10-13,20H2,1-2H3,(H,21,22). The second kappa shape index (κ2) is 7.64. The highest BCUT2D eigenvalue weighted by Gasteiger charge is 2.06. The Hall–Kier alpha value is -2.29. The molecule has 0 heterocycles. The molecule has 0 saturated heterocycles. The lowest BCUT2D eigenvalue weighted by Gasteiger charge is -2.11. The van der Waals surface area contributed by atoms with Crippen LogP contribution in [-0.4, -0.2) is 12.5 Å². The lowest BCUT2D eigenvalue weighted by atomic mass is 10.0. The molecule has 0 unspecified atom stereocenters. The van der Waals surface area contributed by atoms with Gasteiger partial charge in [0.05, 0.1) is 0 Å². The van der Waals surface area contributed by atoms with Crippen molar-refractivity contribution < 1.29 is 4.79 Å². The first-order chi connectivity index (χ1) is 10.6. The van der Waals surface area contributed by atoms with Crippen LogP contribution >= 0.6 is 0 Å². The minimum Gasteiger partial charge on any atom is -0.399 e. The summed E-state index contributed by atoms with van der Waals surface area (Å²) in [6.07, 6.45) is 2.03. The molecule has 116 valence electrons. The number of nitrogens with one attached hydrogen (secondary N) is 1. The average Bonchev–Trinajstić information content (AvgIpc) is 2.49. The molecule has 2 aromatic carbocycles. The molecule has 0 aromatic heterocycles. The molecule has 0 atom stereocenters. The van der Waals surface area contributed by atoms with Crippen LogP contribution < -0.4 is 11.1 Å². The van der Waals surface area contributed by atoms with Crippen LogP contribution in [0.2, 0.25) is 0 Å². The number of benzene rings is 2. The summed E-state index contributed by atoms with van der Waals surface area (Å²) in [7, 11) is 0. The summed E-state index contributed by atoms with van der Waals surface area (Å²) < 4.78 is 0. The Morgan fingerprint density at radius 3 is 2.36 bits per heavy atom. The van der Waals surface area contributed by atoms with Gasteiger partial charge in [-0.3, -0.25) is 4.79 Å². The number of carbonyl (C=O) groups is 1. The third kappa shape index (κ3) is 4.35. The first kappa shape index (κ1) is 16.1. The Morgan fingerprint density at radius 1 is 1.00 bits per heavy atom. The topological polar surface area (TPSA) is 55.1 Å². The summed E-state index contributed by atoms with van der Waals surface area (Å²) in [4.78, 5) is 11.9. The Morgan fingerprint density at radius 2 is 1.68 bits per heavy atom. The van der Waals surface area contributed by atoms with E-state index in [9.17, 15) is 4.79 Å². The van der Waals surface area contributed by atoms with E-state index in [0.717, 1.165) is 17.7 Å². The van der Waals surface area contributed by atoms with E-state index in [0.29, 0.717) is 19.4 Å². The molecule has 22 heavy (non-hydrogen) atoms. The second-order valence-electron chi connectivity index (χ2n) is 5.67. The number of nitrogen functional groups attached to an aromatic ring is 1. The fourth-order valence-electron chi connectivity index (χ4n) is 2.67. The van der Waals surface area contributed by atoms with Gasteiger partial charge in [0.1, 0.15) is 0 Å². The van der Waals surface area contributed by atoms with Crippen LogP contribution in [0.25, 0.3) is 0 Å². The fourth-order valence-corrected chi connectivity index (χ4v) is 2.67. The Labute approximate surface area is 132 Å². The zero-order chi connectivity index (χ0) is 15.9. The predicted octanol–water partition coefficient (Wildman–Crippen LogP) is 3.18. The van der Waals surface area contributed by atoms with E-state index in [1.807, 2.05) is 24.3 Å². The van der Waals surface area contributed by atoms with Crippen LogP contribution in [0.5, 0.6) is 0 Å². The quantitative estimate of drug-likeness (QED) is 0.804. The van der Waals surface area contributed by atoms with Crippen molar-refractivity contribution in [1.82, 2.24) is 5.32 Å². The maximum atomic E-state index is 11.9. The number of para-hydroxylation sites is 1. The molecule has 2 aromatic rings. The molecule has 3 heteroatoms. The Bertz CT molecular complexity index is 629. The third-order valence-electron chi connectivity index (χ3n) is 4.02. The van der Waals surface area contributed by atoms with Gasteiger partial charge in [0, 0.05) is 18.7 Å². The van der Waals surface area contributed by atoms with Crippen molar-refractivity contribution in [1.29, 1.82) is 0 Å². The summed E-state index contributed by atoms with van der Waals surface area (Å²) in [5.41, 5.74) is 11.6. The SMILES string of the molecule is Cc1cccc(C)c1CCNC(=O)CCc1ccccc1N. The largest absolute Gasteiger partial charge is 0.399 e. The monoisotopic (exact) mass is 296 g/mol. The van der Waals surface area contributed by atoms with Crippen LogP contribution in [0.1, 0.15) is 28.7 Å². The molecule has 2 rings (SSSR count). The number of aryl methyl sites for hydroxylation is 3. The zero-order valence-electron chi connectivity index (χ0n) is 13.4. The first-order valence-electron chi connectivity index (χ1n) is 7.73. The van der Waals surface area contributed by atoms with E-state index in [4.69, 9.17) is 5.73 Å². The predicted molar refractivity (Wildman–Crippen MR) is 91.8 cm³/mol. The van der Waals surface area contributed by atoms with Gasteiger partial charge in [-0.2, -0.15) is 0 Å². The van der Waals surface area contributed by atoms with Crippen molar-refractivity contribution in [3.63, 3.8) is 0 Å². The number of hydrogen-bond donors (Lipinski definition) is 2. The maximum Gasteiger partial charge on any atom is 0.220 e.